The van der Waals surface area contributed by atoms with E-state index in [1.54, 1.807) is 44.4 Å². The van der Waals surface area contributed by atoms with Crippen molar-refractivity contribution in [2.75, 3.05) is 25.0 Å². The van der Waals surface area contributed by atoms with E-state index < -0.39 is 24.1 Å². The zero-order valence-corrected chi connectivity index (χ0v) is 14.9. The monoisotopic (exact) mass is 358 g/mol. The van der Waals surface area contributed by atoms with Crippen LogP contribution in [0.2, 0.25) is 0 Å². The number of fused-ring (bicyclic) bond motifs is 1. The highest BCUT2D eigenvalue weighted by Gasteiger charge is 2.36. The van der Waals surface area contributed by atoms with Gasteiger partial charge in [0.15, 0.2) is 0 Å². The maximum atomic E-state index is 12.6. The maximum absolute atomic E-state index is 12.6. The zero-order valence-electron chi connectivity index (χ0n) is 13.2. The molecule has 2 aromatic rings. The minimum atomic E-state index is -3.35. The Hall–Kier alpha value is -1.27. The van der Waals surface area contributed by atoms with Gasteiger partial charge in [0.05, 0.1) is 13.2 Å². The average Bonchev–Trinajstić information content (AvgIpc) is 2.47. The van der Waals surface area contributed by atoms with Crippen molar-refractivity contribution >= 4 is 29.5 Å². The molecule has 6 nitrogen and oxygen atoms in total. The third-order valence-corrected chi connectivity index (χ3v) is 8.24. The van der Waals surface area contributed by atoms with E-state index in [9.17, 15) is 14.5 Å². The SMILES string of the molecule is CCOP(=O)(C[S+](C)c1c([O-])c2ccccc2oc1=O)OCC. The van der Waals surface area contributed by atoms with Crippen LogP contribution in [-0.4, -0.2) is 25.0 Å². The quantitative estimate of drug-likeness (QED) is 0.429. The molecular weight excluding hydrogens is 339 g/mol. The van der Waals surface area contributed by atoms with Gasteiger partial charge in [0.25, 0.3) is 0 Å². The summed E-state index contributed by atoms with van der Waals surface area (Å²) in [6.07, 6.45) is 1.67. The summed E-state index contributed by atoms with van der Waals surface area (Å²) in [5.74, 6) is -0.387. The summed E-state index contributed by atoms with van der Waals surface area (Å²) in [7, 11) is -4.26. The third-order valence-electron chi connectivity index (χ3n) is 3.08. The number of hydrogen-bond acceptors (Lipinski definition) is 6. The maximum Gasteiger partial charge on any atom is 0.391 e. The van der Waals surface area contributed by atoms with Crippen molar-refractivity contribution in [2.45, 2.75) is 18.7 Å². The Kier molecular flexibility index (Phi) is 5.92. The fourth-order valence-corrected chi connectivity index (χ4v) is 6.84. The summed E-state index contributed by atoms with van der Waals surface area (Å²) in [6, 6.07) is 6.56. The van der Waals surface area contributed by atoms with E-state index in [2.05, 4.69) is 0 Å². The highest BCUT2D eigenvalue weighted by Crippen LogP contribution is 2.50. The van der Waals surface area contributed by atoms with E-state index in [-0.39, 0.29) is 34.9 Å². The van der Waals surface area contributed by atoms with Crippen LogP contribution in [-0.2, 0) is 24.5 Å². The van der Waals surface area contributed by atoms with Crippen molar-refractivity contribution < 1.29 is 23.1 Å². The number of hydrogen-bond donors (Lipinski definition) is 0. The summed E-state index contributed by atoms with van der Waals surface area (Å²) in [6.45, 7) is 3.88. The van der Waals surface area contributed by atoms with Gasteiger partial charge >= 0.3 is 13.2 Å². The second kappa shape index (κ2) is 7.53. The normalized spacial score (nSPS) is 13.3. The van der Waals surface area contributed by atoms with Crippen LogP contribution in [0, 0.1) is 0 Å². The smallest absolute Gasteiger partial charge is 0.391 e. The van der Waals surface area contributed by atoms with Crippen molar-refractivity contribution in [3.05, 3.63) is 34.7 Å². The van der Waals surface area contributed by atoms with Crippen molar-refractivity contribution in [1.82, 2.24) is 0 Å². The van der Waals surface area contributed by atoms with E-state index in [1.807, 2.05) is 0 Å². The minimum Gasteiger partial charge on any atom is -0.868 e. The van der Waals surface area contributed by atoms with E-state index in [0.29, 0.717) is 5.39 Å². The Balaban J connectivity index is 2.43. The minimum absolute atomic E-state index is 0.00308. The summed E-state index contributed by atoms with van der Waals surface area (Å²) < 4.78 is 28.3. The topological polar surface area (TPSA) is 88.8 Å². The van der Waals surface area contributed by atoms with Gasteiger partial charge in [-0.3, -0.25) is 4.57 Å². The van der Waals surface area contributed by atoms with Crippen LogP contribution >= 0.6 is 7.60 Å². The lowest BCUT2D eigenvalue weighted by Crippen LogP contribution is -2.20. The van der Waals surface area contributed by atoms with Gasteiger partial charge in [0.1, 0.15) is 11.8 Å². The average molecular weight is 358 g/mol. The second-order valence-electron chi connectivity index (χ2n) is 4.76. The summed E-state index contributed by atoms with van der Waals surface area (Å²) in [5.41, 5.74) is -0.465. The molecule has 1 aromatic heterocycles. The lowest BCUT2D eigenvalue weighted by atomic mass is 10.2. The summed E-state index contributed by atoms with van der Waals surface area (Å²) >= 11 is 0. The molecule has 23 heavy (non-hydrogen) atoms. The van der Waals surface area contributed by atoms with Crippen LogP contribution in [0.25, 0.3) is 11.0 Å². The molecule has 0 aliphatic carbocycles. The molecule has 1 unspecified atom stereocenters. The van der Waals surface area contributed by atoms with Gasteiger partial charge in [-0.2, -0.15) is 0 Å². The van der Waals surface area contributed by atoms with Gasteiger partial charge in [-0.15, -0.1) is 0 Å². The molecule has 0 aliphatic heterocycles. The Morgan fingerprint density at radius 3 is 2.43 bits per heavy atom. The number of benzene rings is 1. The zero-order chi connectivity index (χ0) is 17.0. The van der Waals surface area contributed by atoms with Gasteiger partial charge in [0.2, 0.25) is 10.4 Å². The predicted molar refractivity (Wildman–Crippen MR) is 89.2 cm³/mol. The van der Waals surface area contributed by atoms with Gasteiger partial charge < -0.3 is 18.6 Å². The Bertz CT molecular complexity index is 777. The first-order chi connectivity index (χ1) is 10.9. The van der Waals surface area contributed by atoms with Crippen LogP contribution in [0.3, 0.4) is 0 Å². The highest BCUT2D eigenvalue weighted by molar-refractivity contribution is 8.01. The van der Waals surface area contributed by atoms with Crippen LogP contribution in [0.15, 0.2) is 38.4 Å². The molecule has 0 fully saturated rings. The Morgan fingerprint density at radius 1 is 1.22 bits per heavy atom. The molecule has 1 aromatic carbocycles. The van der Waals surface area contributed by atoms with Crippen LogP contribution in [0.4, 0.5) is 0 Å². The molecule has 0 radical (unpaired) electrons. The van der Waals surface area contributed by atoms with Crippen molar-refractivity contribution in [1.29, 1.82) is 0 Å². The molecular formula is C15H19O6PS. The van der Waals surface area contributed by atoms with E-state index in [1.165, 1.54) is 0 Å². The molecule has 8 heteroatoms. The number of para-hydroxylation sites is 1. The molecule has 1 heterocycles. The molecule has 0 spiro atoms. The fraction of sp³-hybridized carbons (Fsp3) is 0.400. The standard InChI is InChI=1S/C15H19O6PS/c1-4-19-22(18,20-5-2)10-23(3)14-13(16)11-8-6-7-9-12(11)21-15(14)17/h6-9H,4-5,10H2,1-3H3. The first kappa shape index (κ1) is 18.1. The molecule has 0 saturated heterocycles. The molecule has 0 N–H and O–H groups in total. The molecule has 126 valence electrons. The second-order valence-corrected chi connectivity index (χ2v) is 9.21. The number of rotatable bonds is 7. The first-order valence-corrected chi connectivity index (χ1v) is 10.7. The lowest BCUT2D eigenvalue weighted by Gasteiger charge is -2.18. The lowest BCUT2D eigenvalue weighted by molar-refractivity contribution is -0.270. The molecule has 0 saturated carbocycles. The highest BCUT2D eigenvalue weighted by atomic mass is 32.2. The van der Waals surface area contributed by atoms with E-state index >= 15 is 0 Å². The Morgan fingerprint density at radius 2 is 1.83 bits per heavy atom. The van der Waals surface area contributed by atoms with Crippen molar-refractivity contribution in [3.63, 3.8) is 0 Å². The Labute approximate surface area is 137 Å². The van der Waals surface area contributed by atoms with Crippen molar-refractivity contribution in [2.24, 2.45) is 0 Å². The molecule has 1 atom stereocenters. The fourth-order valence-electron chi connectivity index (χ4n) is 2.21. The third kappa shape index (κ3) is 3.98. The summed E-state index contributed by atoms with van der Waals surface area (Å²) in [4.78, 5) is 12.2. The van der Waals surface area contributed by atoms with E-state index in [0.717, 1.165) is 0 Å². The molecule has 0 amide bonds. The first-order valence-electron chi connectivity index (χ1n) is 7.15. The molecule has 2 rings (SSSR count). The summed E-state index contributed by atoms with van der Waals surface area (Å²) in [5, 5.41) is 12.9. The van der Waals surface area contributed by atoms with Gasteiger partial charge in [-0.05, 0) is 25.7 Å². The largest absolute Gasteiger partial charge is 0.868 e. The van der Waals surface area contributed by atoms with Gasteiger partial charge in [-0.25, -0.2) is 4.79 Å². The van der Waals surface area contributed by atoms with Gasteiger partial charge in [0, 0.05) is 16.3 Å². The molecule has 0 bridgehead atoms. The van der Waals surface area contributed by atoms with Crippen LogP contribution < -0.4 is 10.7 Å². The van der Waals surface area contributed by atoms with E-state index in [4.69, 9.17) is 13.5 Å². The van der Waals surface area contributed by atoms with Crippen LogP contribution in [0.5, 0.6) is 5.75 Å². The van der Waals surface area contributed by atoms with Crippen molar-refractivity contribution in [3.8, 4) is 5.75 Å². The van der Waals surface area contributed by atoms with Crippen LogP contribution in [0.1, 0.15) is 13.8 Å². The predicted octanol–water partition coefficient (Wildman–Crippen LogP) is 2.70. The van der Waals surface area contributed by atoms with Gasteiger partial charge in [-0.1, -0.05) is 18.2 Å². The molecule has 0 aliphatic rings.